The lowest BCUT2D eigenvalue weighted by Crippen LogP contribution is -2.23. The normalized spacial score (nSPS) is 12.0. The smallest absolute Gasteiger partial charge is 0.137 e. The third kappa shape index (κ3) is 4.70. The first kappa shape index (κ1) is 23.5. The van der Waals surface area contributed by atoms with Crippen LogP contribution in [0.1, 0.15) is 36.5 Å². The fourth-order valence-corrected chi connectivity index (χ4v) is 4.17. The largest absolute Gasteiger partial charge is 0.296 e. The molecule has 4 aromatic rings. The minimum absolute atomic E-state index is 0.262. The van der Waals surface area contributed by atoms with Crippen molar-refractivity contribution >= 4 is 47.0 Å². The number of benzene rings is 3. The van der Waals surface area contributed by atoms with Crippen LogP contribution in [-0.4, -0.2) is 9.55 Å². The van der Waals surface area contributed by atoms with Crippen LogP contribution in [0.25, 0.3) is 17.8 Å². The Kier molecular flexibility index (Phi) is 6.62. The molecule has 168 valence electrons. The molecular formula is C26H19Cl3F2N2. The third-order valence-electron chi connectivity index (χ3n) is 5.55. The molecule has 3 aromatic carbocycles. The van der Waals surface area contributed by atoms with Gasteiger partial charge in [0.15, 0.2) is 0 Å². The fraction of sp³-hybridized carbons (Fsp3) is 0.115. The molecule has 0 bridgehead atoms. The molecule has 0 saturated carbocycles. The van der Waals surface area contributed by atoms with Gasteiger partial charge in [-0.05, 0) is 66.2 Å². The molecule has 0 spiro atoms. The molecule has 0 amide bonds. The Morgan fingerprint density at radius 1 is 0.848 bits per heavy atom. The van der Waals surface area contributed by atoms with E-state index < -0.39 is 11.2 Å². The minimum Gasteiger partial charge on any atom is -0.296 e. The maximum atomic E-state index is 14.3. The molecule has 1 heterocycles. The van der Waals surface area contributed by atoms with E-state index in [1.165, 1.54) is 18.2 Å². The summed E-state index contributed by atoms with van der Waals surface area (Å²) < 4.78 is 29.8. The van der Waals surface area contributed by atoms with Crippen LogP contribution in [0, 0.1) is 11.6 Å². The van der Waals surface area contributed by atoms with E-state index in [4.69, 9.17) is 34.8 Å². The molecule has 0 radical (unpaired) electrons. The Balaban J connectivity index is 1.88. The van der Waals surface area contributed by atoms with Crippen molar-refractivity contribution in [3.05, 3.63) is 116 Å². The van der Waals surface area contributed by atoms with Crippen LogP contribution < -0.4 is 0 Å². The van der Waals surface area contributed by atoms with Crippen LogP contribution in [0.5, 0.6) is 0 Å². The summed E-state index contributed by atoms with van der Waals surface area (Å²) in [6.07, 6.45) is 5.01. The second-order valence-corrected chi connectivity index (χ2v) is 9.26. The van der Waals surface area contributed by atoms with Gasteiger partial charge in [0.1, 0.15) is 17.5 Å². The van der Waals surface area contributed by atoms with Crippen LogP contribution >= 0.6 is 34.8 Å². The Labute approximate surface area is 206 Å². The molecule has 0 fully saturated rings. The monoisotopic (exact) mass is 502 g/mol. The number of hydrogen-bond donors (Lipinski definition) is 0. The third-order valence-corrected chi connectivity index (χ3v) is 6.62. The standard InChI is InChI=1S/C26H19Cl3F2N2/c1-26(2,16-6-12-21(28)22(29)14-16)24-15-32-25(33(24)18-9-7-17(30)8-10-18)13-11-19-20(27)4-3-5-23(19)31/h3-15H,1-2H3/b13-11+. The lowest BCUT2D eigenvalue weighted by atomic mass is 9.81. The number of aromatic nitrogens is 2. The van der Waals surface area contributed by atoms with Gasteiger partial charge in [0.2, 0.25) is 0 Å². The highest BCUT2D eigenvalue weighted by molar-refractivity contribution is 6.42. The number of imidazole rings is 1. The van der Waals surface area contributed by atoms with Crippen molar-refractivity contribution in [3.8, 4) is 5.69 Å². The Bertz CT molecular complexity index is 1320. The van der Waals surface area contributed by atoms with Gasteiger partial charge in [0, 0.05) is 16.7 Å². The first-order chi connectivity index (χ1) is 15.7. The molecule has 0 atom stereocenters. The maximum Gasteiger partial charge on any atom is 0.137 e. The summed E-state index contributed by atoms with van der Waals surface area (Å²) in [5.41, 5.74) is 2.17. The predicted molar refractivity (Wildman–Crippen MR) is 132 cm³/mol. The van der Waals surface area contributed by atoms with Gasteiger partial charge in [-0.3, -0.25) is 4.57 Å². The van der Waals surface area contributed by atoms with E-state index in [1.807, 2.05) is 30.5 Å². The van der Waals surface area contributed by atoms with Crippen molar-refractivity contribution in [2.45, 2.75) is 19.3 Å². The van der Waals surface area contributed by atoms with E-state index in [1.54, 1.807) is 48.7 Å². The summed E-state index contributed by atoms with van der Waals surface area (Å²) in [5.74, 6) is -0.251. The van der Waals surface area contributed by atoms with Crippen LogP contribution in [0.2, 0.25) is 15.1 Å². The molecule has 2 nitrogen and oxygen atoms in total. The van der Waals surface area contributed by atoms with Crippen LogP contribution in [-0.2, 0) is 5.41 Å². The lowest BCUT2D eigenvalue weighted by Gasteiger charge is -2.27. The van der Waals surface area contributed by atoms with Crippen LogP contribution in [0.4, 0.5) is 8.78 Å². The van der Waals surface area contributed by atoms with E-state index in [0.29, 0.717) is 26.6 Å². The summed E-state index contributed by atoms with van der Waals surface area (Å²) in [5, 5.41) is 1.21. The predicted octanol–water partition coefficient (Wildman–Crippen LogP) is 8.61. The quantitative estimate of drug-likeness (QED) is 0.266. The van der Waals surface area contributed by atoms with E-state index in [2.05, 4.69) is 4.98 Å². The second kappa shape index (κ2) is 9.30. The first-order valence-electron chi connectivity index (χ1n) is 10.1. The Hall–Kier alpha value is -2.66. The average Bonchev–Trinajstić information content (AvgIpc) is 3.20. The van der Waals surface area contributed by atoms with Gasteiger partial charge in [-0.2, -0.15) is 0 Å². The molecule has 0 aliphatic carbocycles. The topological polar surface area (TPSA) is 17.8 Å². The van der Waals surface area contributed by atoms with Gasteiger partial charge in [0.25, 0.3) is 0 Å². The molecule has 0 N–H and O–H groups in total. The fourth-order valence-electron chi connectivity index (χ4n) is 3.65. The zero-order valence-corrected chi connectivity index (χ0v) is 20.1. The van der Waals surface area contributed by atoms with Gasteiger partial charge in [-0.1, -0.05) is 60.8 Å². The number of nitrogens with zero attached hydrogens (tertiary/aromatic N) is 2. The zero-order chi connectivity index (χ0) is 23.8. The van der Waals surface area contributed by atoms with Gasteiger partial charge < -0.3 is 0 Å². The summed E-state index contributed by atoms with van der Waals surface area (Å²) in [6.45, 7) is 4.07. The van der Waals surface area contributed by atoms with Crippen molar-refractivity contribution < 1.29 is 8.78 Å². The molecule has 0 unspecified atom stereocenters. The lowest BCUT2D eigenvalue weighted by molar-refractivity contribution is 0.600. The number of halogens is 5. The molecule has 1 aromatic heterocycles. The summed E-state index contributed by atoms with van der Waals surface area (Å²) in [4.78, 5) is 4.58. The van der Waals surface area contributed by atoms with Crippen molar-refractivity contribution in [2.75, 3.05) is 0 Å². The Morgan fingerprint density at radius 2 is 1.58 bits per heavy atom. The van der Waals surface area contributed by atoms with Crippen LogP contribution in [0.3, 0.4) is 0 Å². The highest BCUT2D eigenvalue weighted by atomic mass is 35.5. The van der Waals surface area contributed by atoms with Crippen molar-refractivity contribution in [1.29, 1.82) is 0 Å². The Morgan fingerprint density at radius 3 is 2.24 bits per heavy atom. The number of rotatable bonds is 5. The molecular weight excluding hydrogens is 485 g/mol. The summed E-state index contributed by atoms with van der Waals surface area (Å²) in [7, 11) is 0. The van der Waals surface area contributed by atoms with E-state index in [9.17, 15) is 8.78 Å². The molecule has 0 saturated heterocycles. The van der Waals surface area contributed by atoms with Gasteiger partial charge in [-0.25, -0.2) is 13.8 Å². The summed E-state index contributed by atoms with van der Waals surface area (Å²) >= 11 is 18.6. The zero-order valence-electron chi connectivity index (χ0n) is 17.8. The molecule has 0 aliphatic rings. The van der Waals surface area contributed by atoms with Crippen LogP contribution in [0.15, 0.2) is 66.9 Å². The molecule has 33 heavy (non-hydrogen) atoms. The first-order valence-corrected chi connectivity index (χ1v) is 11.2. The van der Waals surface area contributed by atoms with E-state index >= 15 is 0 Å². The second-order valence-electron chi connectivity index (χ2n) is 8.04. The summed E-state index contributed by atoms with van der Waals surface area (Å²) in [6, 6.07) is 16.1. The minimum atomic E-state index is -0.544. The number of hydrogen-bond acceptors (Lipinski definition) is 1. The van der Waals surface area contributed by atoms with Crippen molar-refractivity contribution in [2.24, 2.45) is 0 Å². The highest BCUT2D eigenvalue weighted by Gasteiger charge is 2.29. The molecule has 7 heteroatoms. The van der Waals surface area contributed by atoms with Gasteiger partial charge in [-0.15, -0.1) is 0 Å². The molecule has 0 aliphatic heterocycles. The molecule has 4 rings (SSSR count). The average molecular weight is 504 g/mol. The highest BCUT2D eigenvalue weighted by Crippen LogP contribution is 2.37. The van der Waals surface area contributed by atoms with Crippen molar-refractivity contribution in [1.82, 2.24) is 9.55 Å². The van der Waals surface area contributed by atoms with Crippen molar-refractivity contribution in [3.63, 3.8) is 0 Å². The maximum absolute atomic E-state index is 14.3. The van der Waals surface area contributed by atoms with E-state index in [0.717, 1.165) is 11.3 Å². The van der Waals surface area contributed by atoms with Gasteiger partial charge >= 0.3 is 0 Å². The van der Waals surface area contributed by atoms with Gasteiger partial charge in [0.05, 0.1) is 27.0 Å². The SMILES string of the molecule is CC(C)(c1ccc(Cl)c(Cl)c1)c1cnc(/C=C/c2c(F)cccc2Cl)n1-c1ccc(F)cc1. The van der Waals surface area contributed by atoms with E-state index in [-0.39, 0.29) is 11.4 Å².